The molecule has 0 unspecified atom stereocenters. The fourth-order valence-electron chi connectivity index (χ4n) is 1.96. The molecule has 2 aromatic heterocycles. The van der Waals surface area contributed by atoms with Gasteiger partial charge in [-0.05, 0) is 24.3 Å². The van der Waals surface area contributed by atoms with Crippen molar-refractivity contribution in [2.24, 2.45) is 0 Å². The van der Waals surface area contributed by atoms with E-state index in [9.17, 15) is 14.9 Å². The van der Waals surface area contributed by atoms with E-state index < -0.39 is 11.0 Å². The van der Waals surface area contributed by atoms with Crippen LogP contribution in [0, 0.1) is 10.1 Å². The van der Waals surface area contributed by atoms with Crippen LogP contribution >= 0.6 is 0 Å². The van der Waals surface area contributed by atoms with Gasteiger partial charge in [0, 0.05) is 24.0 Å². The second-order valence-electron chi connectivity index (χ2n) is 4.74. The van der Waals surface area contributed by atoms with E-state index in [1.807, 2.05) is 6.07 Å². The number of carbonyl (C=O) groups is 1. The molecule has 3 rings (SSSR count). The second kappa shape index (κ2) is 6.57. The largest absolute Gasteiger partial charge is 0.323 e. The molecule has 9 nitrogen and oxygen atoms in total. The van der Waals surface area contributed by atoms with Crippen molar-refractivity contribution in [3.05, 3.63) is 71.2 Å². The summed E-state index contributed by atoms with van der Waals surface area (Å²) in [5, 5.41) is 19.9. The number of carbonyl (C=O) groups excluding carboxylic acids is 1. The van der Waals surface area contributed by atoms with Crippen LogP contribution in [0.15, 0.2) is 61.1 Å². The third kappa shape index (κ3) is 3.53. The molecule has 0 spiro atoms. The number of aromatic nitrogens is 3. The first-order valence-corrected chi connectivity index (χ1v) is 6.90. The number of nitrogens with one attached hydrogen (secondary N) is 2. The Bertz CT molecular complexity index is 860. The second-order valence-corrected chi connectivity index (χ2v) is 4.74. The highest BCUT2D eigenvalue weighted by Crippen LogP contribution is 2.16. The molecule has 0 fully saturated rings. The first-order valence-electron chi connectivity index (χ1n) is 6.90. The van der Waals surface area contributed by atoms with Gasteiger partial charge in [-0.3, -0.25) is 10.1 Å². The predicted molar refractivity (Wildman–Crippen MR) is 87.1 cm³/mol. The van der Waals surface area contributed by atoms with Gasteiger partial charge in [-0.15, -0.1) is 0 Å². The molecule has 24 heavy (non-hydrogen) atoms. The lowest BCUT2D eigenvalue weighted by Gasteiger charge is -2.05. The lowest BCUT2D eigenvalue weighted by Crippen LogP contribution is -2.19. The maximum Gasteiger partial charge on any atom is 0.323 e. The SMILES string of the molecule is O=C(Nc1ccc([N+](=O)[O-])cc1)Nc1cnn(-c2ccccn2)c1. The molecule has 2 N–H and O–H groups in total. The van der Waals surface area contributed by atoms with E-state index in [-0.39, 0.29) is 5.69 Å². The molecular weight excluding hydrogens is 312 g/mol. The van der Waals surface area contributed by atoms with Gasteiger partial charge in [-0.1, -0.05) is 6.07 Å². The van der Waals surface area contributed by atoms with Crippen LogP contribution in [-0.2, 0) is 0 Å². The Kier molecular flexibility index (Phi) is 4.15. The van der Waals surface area contributed by atoms with Gasteiger partial charge in [-0.2, -0.15) is 5.10 Å². The highest BCUT2D eigenvalue weighted by Gasteiger charge is 2.08. The summed E-state index contributed by atoms with van der Waals surface area (Å²) in [4.78, 5) is 26.2. The normalized spacial score (nSPS) is 10.2. The number of anilines is 2. The zero-order valence-corrected chi connectivity index (χ0v) is 12.3. The van der Waals surface area contributed by atoms with Gasteiger partial charge in [0.25, 0.3) is 5.69 Å². The highest BCUT2D eigenvalue weighted by molar-refractivity contribution is 5.99. The first kappa shape index (κ1) is 15.2. The van der Waals surface area contributed by atoms with E-state index >= 15 is 0 Å². The number of nitro benzene ring substituents is 1. The summed E-state index contributed by atoms with van der Waals surface area (Å²) in [5.74, 6) is 0.626. The van der Waals surface area contributed by atoms with Gasteiger partial charge in [0.1, 0.15) is 0 Å². The van der Waals surface area contributed by atoms with E-state index in [1.54, 1.807) is 24.5 Å². The van der Waals surface area contributed by atoms with Crippen molar-refractivity contribution in [3.63, 3.8) is 0 Å². The highest BCUT2D eigenvalue weighted by atomic mass is 16.6. The number of urea groups is 1. The van der Waals surface area contributed by atoms with Crippen LogP contribution in [0.4, 0.5) is 21.9 Å². The summed E-state index contributed by atoms with van der Waals surface area (Å²) < 4.78 is 1.53. The number of benzene rings is 1. The minimum atomic E-state index is -0.504. The average molecular weight is 324 g/mol. The van der Waals surface area contributed by atoms with E-state index in [0.717, 1.165) is 0 Å². The number of rotatable bonds is 4. The predicted octanol–water partition coefficient (Wildman–Crippen LogP) is 2.82. The van der Waals surface area contributed by atoms with Gasteiger partial charge in [0.05, 0.1) is 23.0 Å². The Labute approximate surface area is 136 Å². The van der Waals surface area contributed by atoms with Crippen LogP contribution in [0.2, 0.25) is 0 Å². The van der Waals surface area contributed by atoms with Crippen LogP contribution in [0.5, 0.6) is 0 Å². The molecule has 2 heterocycles. The van der Waals surface area contributed by atoms with Crippen LogP contribution in [0.25, 0.3) is 5.82 Å². The minimum absolute atomic E-state index is 0.0439. The molecule has 1 aromatic carbocycles. The van der Waals surface area contributed by atoms with Crippen molar-refractivity contribution in [1.29, 1.82) is 0 Å². The lowest BCUT2D eigenvalue weighted by atomic mass is 10.3. The molecule has 2 amide bonds. The zero-order valence-electron chi connectivity index (χ0n) is 12.3. The summed E-state index contributed by atoms with van der Waals surface area (Å²) in [6, 6.07) is 10.5. The summed E-state index contributed by atoms with van der Waals surface area (Å²) in [5.41, 5.74) is 0.882. The molecule has 0 radical (unpaired) electrons. The smallest absolute Gasteiger partial charge is 0.308 e. The topological polar surface area (TPSA) is 115 Å². The van der Waals surface area contributed by atoms with Gasteiger partial charge in [0.2, 0.25) is 0 Å². The summed E-state index contributed by atoms with van der Waals surface area (Å²) in [6.45, 7) is 0. The fraction of sp³-hybridized carbons (Fsp3) is 0. The summed E-state index contributed by atoms with van der Waals surface area (Å²) >= 11 is 0. The van der Waals surface area contributed by atoms with Crippen molar-refractivity contribution < 1.29 is 9.72 Å². The van der Waals surface area contributed by atoms with E-state index in [0.29, 0.717) is 17.2 Å². The number of hydrogen-bond acceptors (Lipinski definition) is 5. The molecule has 120 valence electrons. The average Bonchev–Trinajstić information content (AvgIpc) is 3.04. The van der Waals surface area contributed by atoms with Gasteiger partial charge in [0.15, 0.2) is 5.82 Å². The third-order valence-corrected chi connectivity index (χ3v) is 3.06. The molecule has 0 saturated carbocycles. The molecular formula is C15H12N6O3. The summed E-state index contributed by atoms with van der Waals surface area (Å²) in [7, 11) is 0. The molecule has 0 aliphatic rings. The van der Waals surface area contributed by atoms with Crippen LogP contribution in [0.3, 0.4) is 0 Å². The number of non-ortho nitro benzene ring substituents is 1. The third-order valence-electron chi connectivity index (χ3n) is 3.06. The Morgan fingerprint density at radius 2 is 1.83 bits per heavy atom. The molecule has 3 aromatic rings. The quantitative estimate of drug-likeness (QED) is 0.565. The van der Waals surface area contributed by atoms with Crippen molar-refractivity contribution in [2.75, 3.05) is 10.6 Å². The van der Waals surface area contributed by atoms with Crippen molar-refractivity contribution in [2.45, 2.75) is 0 Å². The Hall–Kier alpha value is -3.75. The Balaban J connectivity index is 1.63. The molecule has 0 aliphatic heterocycles. The van der Waals surface area contributed by atoms with Crippen LogP contribution in [-0.4, -0.2) is 25.7 Å². The maximum absolute atomic E-state index is 11.9. The lowest BCUT2D eigenvalue weighted by molar-refractivity contribution is -0.384. The number of pyridine rings is 1. The van der Waals surface area contributed by atoms with E-state index in [1.165, 1.54) is 35.1 Å². The number of nitrogens with zero attached hydrogens (tertiary/aromatic N) is 4. The zero-order chi connectivity index (χ0) is 16.9. The van der Waals surface area contributed by atoms with Crippen molar-refractivity contribution >= 4 is 23.1 Å². The van der Waals surface area contributed by atoms with Gasteiger partial charge >= 0.3 is 6.03 Å². The standard InChI is InChI=1S/C15H12N6O3/c22-15(18-11-4-6-13(7-5-11)21(23)24)19-12-9-17-20(10-12)14-3-1-2-8-16-14/h1-10H,(H2,18,19,22). The Morgan fingerprint density at radius 1 is 1.08 bits per heavy atom. The summed E-state index contributed by atoms with van der Waals surface area (Å²) in [6.07, 6.45) is 4.76. The van der Waals surface area contributed by atoms with Gasteiger partial charge < -0.3 is 10.6 Å². The minimum Gasteiger partial charge on any atom is -0.308 e. The molecule has 0 aliphatic carbocycles. The van der Waals surface area contributed by atoms with Crippen LogP contribution in [0.1, 0.15) is 0 Å². The van der Waals surface area contributed by atoms with E-state index in [4.69, 9.17) is 0 Å². The Morgan fingerprint density at radius 3 is 2.50 bits per heavy atom. The molecule has 0 bridgehead atoms. The van der Waals surface area contributed by atoms with E-state index in [2.05, 4.69) is 20.7 Å². The molecule has 0 atom stereocenters. The molecule has 9 heteroatoms. The monoisotopic (exact) mass is 324 g/mol. The van der Waals surface area contributed by atoms with Crippen LogP contribution < -0.4 is 10.6 Å². The molecule has 0 saturated heterocycles. The first-order chi connectivity index (χ1) is 11.6. The fourth-order valence-corrected chi connectivity index (χ4v) is 1.96. The maximum atomic E-state index is 11.9. The van der Waals surface area contributed by atoms with Gasteiger partial charge in [-0.25, -0.2) is 14.5 Å². The van der Waals surface area contributed by atoms with Crippen molar-refractivity contribution in [1.82, 2.24) is 14.8 Å². The number of nitro groups is 1. The number of hydrogen-bond donors (Lipinski definition) is 2. The van der Waals surface area contributed by atoms with Crippen molar-refractivity contribution in [3.8, 4) is 5.82 Å². The number of amides is 2.